The largest absolute Gasteiger partial charge is 0.464 e. The Labute approximate surface area is 100 Å². The topological polar surface area (TPSA) is 55.3 Å². The van der Waals surface area contributed by atoms with Gasteiger partial charge < -0.3 is 9.64 Å². The second-order valence-corrected chi connectivity index (χ2v) is 3.24. The lowest BCUT2D eigenvalue weighted by Gasteiger charge is -2.19. The highest BCUT2D eigenvalue weighted by Crippen LogP contribution is 2.10. The fourth-order valence-electron chi connectivity index (χ4n) is 1.28. The smallest absolute Gasteiger partial charge is 0.358 e. The molecule has 0 aliphatic carbocycles. The Morgan fingerprint density at radius 2 is 2.06 bits per heavy atom. The first-order chi connectivity index (χ1) is 8.22. The molecule has 0 spiro atoms. The zero-order valence-corrected chi connectivity index (χ0v) is 9.80. The molecule has 1 rings (SSSR count). The van der Waals surface area contributed by atoms with Crippen LogP contribution in [0.4, 0.5) is 5.82 Å². The van der Waals surface area contributed by atoms with E-state index in [1.165, 1.54) is 13.3 Å². The van der Waals surface area contributed by atoms with Crippen LogP contribution in [-0.2, 0) is 4.74 Å². The molecule has 0 atom stereocenters. The van der Waals surface area contributed by atoms with E-state index >= 15 is 0 Å². The maximum atomic E-state index is 11.3. The van der Waals surface area contributed by atoms with Gasteiger partial charge in [-0.15, -0.1) is 13.2 Å². The van der Waals surface area contributed by atoms with Crippen molar-refractivity contribution in [2.75, 3.05) is 25.1 Å². The van der Waals surface area contributed by atoms with Crippen molar-refractivity contribution in [3.8, 4) is 0 Å². The van der Waals surface area contributed by atoms with Crippen LogP contribution in [0.1, 0.15) is 10.5 Å². The summed E-state index contributed by atoms with van der Waals surface area (Å²) in [6, 6.07) is 0. The van der Waals surface area contributed by atoms with Gasteiger partial charge in [-0.2, -0.15) is 0 Å². The van der Waals surface area contributed by atoms with Gasteiger partial charge >= 0.3 is 5.97 Å². The van der Waals surface area contributed by atoms with Gasteiger partial charge in [0.1, 0.15) is 5.82 Å². The maximum Gasteiger partial charge on any atom is 0.358 e. The van der Waals surface area contributed by atoms with Crippen LogP contribution < -0.4 is 4.90 Å². The van der Waals surface area contributed by atoms with Crippen LogP contribution in [-0.4, -0.2) is 36.1 Å². The van der Waals surface area contributed by atoms with Gasteiger partial charge in [0.15, 0.2) is 5.69 Å². The zero-order valence-electron chi connectivity index (χ0n) is 9.80. The standard InChI is InChI=1S/C12H15N3O2/c1-4-6-15(7-5-2)11-9-13-8-10(14-11)12(16)17-3/h4-5,8-9H,1-2,6-7H2,3H3. The lowest BCUT2D eigenvalue weighted by molar-refractivity contribution is 0.0593. The van der Waals surface area contributed by atoms with Gasteiger partial charge in [-0.1, -0.05) is 12.2 Å². The Balaban J connectivity index is 2.98. The maximum absolute atomic E-state index is 11.3. The number of aromatic nitrogens is 2. The molecular weight excluding hydrogens is 218 g/mol. The van der Waals surface area contributed by atoms with Crippen LogP contribution in [0.3, 0.4) is 0 Å². The summed E-state index contributed by atoms with van der Waals surface area (Å²) in [5, 5.41) is 0. The zero-order chi connectivity index (χ0) is 12.7. The summed E-state index contributed by atoms with van der Waals surface area (Å²) in [5.74, 6) is 0.0872. The molecule has 0 aliphatic rings. The van der Waals surface area contributed by atoms with E-state index in [-0.39, 0.29) is 5.69 Å². The summed E-state index contributed by atoms with van der Waals surface area (Å²) in [7, 11) is 1.31. The van der Waals surface area contributed by atoms with Gasteiger partial charge in [-0.3, -0.25) is 4.98 Å². The lowest BCUT2D eigenvalue weighted by Crippen LogP contribution is -2.25. The summed E-state index contributed by atoms with van der Waals surface area (Å²) in [5.41, 5.74) is 0.183. The molecule has 0 saturated heterocycles. The molecule has 0 aromatic carbocycles. The second kappa shape index (κ2) is 6.42. The minimum atomic E-state index is -0.503. The molecule has 5 heteroatoms. The van der Waals surface area contributed by atoms with Gasteiger partial charge in [-0.25, -0.2) is 9.78 Å². The molecule has 0 fully saturated rings. The van der Waals surface area contributed by atoms with Crippen molar-refractivity contribution in [2.24, 2.45) is 0 Å². The van der Waals surface area contributed by atoms with Gasteiger partial charge in [0, 0.05) is 13.1 Å². The number of carbonyl (C=O) groups excluding carboxylic acids is 1. The van der Waals surface area contributed by atoms with E-state index in [4.69, 9.17) is 0 Å². The Bertz CT molecular complexity index is 408. The van der Waals surface area contributed by atoms with Crippen LogP contribution in [0.15, 0.2) is 37.7 Å². The number of hydrogen-bond donors (Lipinski definition) is 0. The molecule has 0 saturated carbocycles. The van der Waals surface area contributed by atoms with Crippen LogP contribution in [0.5, 0.6) is 0 Å². The van der Waals surface area contributed by atoms with Crippen LogP contribution >= 0.6 is 0 Å². The van der Waals surface area contributed by atoms with Gasteiger partial charge in [0.25, 0.3) is 0 Å². The van der Waals surface area contributed by atoms with Gasteiger partial charge in [0.2, 0.25) is 0 Å². The molecule has 0 unspecified atom stereocenters. The summed E-state index contributed by atoms with van der Waals surface area (Å²) >= 11 is 0. The van der Waals surface area contributed by atoms with Crippen molar-refractivity contribution >= 4 is 11.8 Å². The molecule has 0 radical (unpaired) electrons. The summed E-state index contributed by atoms with van der Waals surface area (Å²) in [4.78, 5) is 21.3. The van der Waals surface area contributed by atoms with Crippen molar-refractivity contribution in [2.45, 2.75) is 0 Å². The quantitative estimate of drug-likeness (QED) is 0.549. The van der Waals surface area contributed by atoms with Crippen molar-refractivity contribution in [3.63, 3.8) is 0 Å². The Hall–Kier alpha value is -2.17. The third-order valence-electron chi connectivity index (χ3n) is 2.04. The van der Waals surface area contributed by atoms with Gasteiger partial charge in [0.05, 0.1) is 19.5 Å². The van der Waals surface area contributed by atoms with Crippen LogP contribution in [0.25, 0.3) is 0 Å². The van der Waals surface area contributed by atoms with Crippen LogP contribution in [0.2, 0.25) is 0 Å². The number of rotatable bonds is 6. The summed E-state index contributed by atoms with van der Waals surface area (Å²) in [6.45, 7) is 8.54. The molecule has 0 bridgehead atoms. The fourth-order valence-corrected chi connectivity index (χ4v) is 1.28. The first kappa shape index (κ1) is 12.9. The van der Waals surface area contributed by atoms with Crippen molar-refractivity contribution in [1.82, 2.24) is 9.97 Å². The highest BCUT2D eigenvalue weighted by molar-refractivity contribution is 5.87. The predicted octanol–water partition coefficient (Wildman–Crippen LogP) is 1.44. The third-order valence-corrected chi connectivity index (χ3v) is 2.04. The number of hydrogen-bond acceptors (Lipinski definition) is 5. The third kappa shape index (κ3) is 3.41. The van der Waals surface area contributed by atoms with E-state index in [9.17, 15) is 4.79 Å². The molecule has 1 aromatic rings. The molecule has 0 aliphatic heterocycles. The highest BCUT2D eigenvalue weighted by atomic mass is 16.5. The summed E-state index contributed by atoms with van der Waals surface area (Å²) in [6.07, 6.45) is 6.45. The lowest BCUT2D eigenvalue weighted by atomic mass is 10.4. The number of methoxy groups -OCH3 is 1. The number of esters is 1. The number of anilines is 1. The average Bonchev–Trinajstić information content (AvgIpc) is 2.37. The molecule has 1 aromatic heterocycles. The van der Waals surface area contributed by atoms with E-state index in [2.05, 4.69) is 27.9 Å². The van der Waals surface area contributed by atoms with Gasteiger partial charge in [-0.05, 0) is 0 Å². The van der Waals surface area contributed by atoms with Crippen molar-refractivity contribution in [1.29, 1.82) is 0 Å². The van der Waals surface area contributed by atoms with E-state index in [0.717, 1.165) is 0 Å². The van der Waals surface area contributed by atoms with Crippen molar-refractivity contribution in [3.05, 3.63) is 43.4 Å². The van der Waals surface area contributed by atoms with E-state index in [1.807, 2.05) is 4.90 Å². The van der Waals surface area contributed by atoms with E-state index in [1.54, 1.807) is 18.3 Å². The normalized spacial score (nSPS) is 9.47. The Morgan fingerprint density at radius 3 is 2.59 bits per heavy atom. The Kier molecular flexibility index (Phi) is 4.87. The average molecular weight is 233 g/mol. The van der Waals surface area contributed by atoms with Crippen molar-refractivity contribution < 1.29 is 9.53 Å². The summed E-state index contributed by atoms with van der Waals surface area (Å²) < 4.78 is 4.59. The van der Waals surface area contributed by atoms with Crippen LogP contribution in [0, 0.1) is 0 Å². The molecule has 0 amide bonds. The second-order valence-electron chi connectivity index (χ2n) is 3.24. The molecule has 17 heavy (non-hydrogen) atoms. The molecule has 5 nitrogen and oxygen atoms in total. The monoisotopic (exact) mass is 233 g/mol. The minimum absolute atomic E-state index is 0.183. The fraction of sp³-hybridized carbons (Fsp3) is 0.250. The van der Waals surface area contributed by atoms with E-state index < -0.39 is 5.97 Å². The Morgan fingerprint density at radius 1 is 1.41 bits per heavy atom. The highest BCUT2D eigenvalue weighted by Gasteiger charge is 2.11. The first-order valence-electron chi connectivity index (χ1n) is 5.10. The molecule has 90 valence electrons. The number of carbonyl (C=O) groups is 1. The van der Waals surface area contributed by atoms with E-state index in [0.29, 0.717) is 18.9 Å². The number of ether oxygens (including phenoxy) is 1. The molecule has 1 heterocycles. The molecular formula is C12H15N3O2. The first-order valence-corrected chi connectivity index (χ1v) is 5.10. The molecule has 0 N–H and O–H groups in total. The minimum Gasteiger partial charge on any atom is -0.464 e. The SMILES string of the molecule is C=CCN(CC=C)c1cncc(C(=O)OC)n1. The number of nitrogens with zero attached hydrogens (tertiary/aromatic N) is 3. The predicted molar refractivity (Wildman–Crippen MR) is 66.0 cm³/mol.